The number of rotatable bonds is 5. The Morgan fingerprint density at radius 1 is 1.00 bits per heavy atom. The lowest BCUT2D eigenvalue weighted by atomic mass is 10.1. The zero-order chi connectivity index (χ0) is 18.8. The molecule has 5 heteroatoms. The van der Waals surface area contributed by atoms with Crippen molar-refractivity contribution in [1.29, 1.82) is 0 Å². The number of amides is 1. The molecule has 5 nitrogen and oxygen atoms in total. The van der Waals surface area contributed by atoms with Gasteiger partial charge < -0.3 is 14.5 Å². The van der Waals surface area contributed by atoms with Gasteiger partial charge in [0.1, 0.15) is 17.3 Å². The van der Waals surface area contributed by atoms with Crippen LogP contribution in [0.3, 0.4) is 0 Å². The van der Waals surface area contributed by atoms with E-state index in [2.05, 4.69) is 10.3 Å². The number of carbonyl (C=O) groups excluding carboxylic acids is 1. The predicted molar refractivity (Wildman–Crippen MR) is 105 cm³/mol. The fraction of sp³-hybridized carbons (Fsp3) is 0.182. The Morgan fingerprint density at radius 2 is 1.74 bits per heavy atom. The number of nitrogens with one attached hydrogen (secondary N) is 1. The average Bonchev–Trinajstić information content (AvgIpc) is 3.12. The van der Waals surface area contributed by atoms with E-state index in [1.807, 2.05) is 73.7 Å². The highest BCUT2D eigenvalue weighted by atomic mass is 16.5. The standard InChI is InChI=1S/C22H20N2O3/c1-14(22-24-19-9-5-6-10-20(19)27-22)23-21(25)15(2)26-18-12-11-16-7-3-4-8-17(16)13-18/h3-15H,1-2H3,(H,23,25). The highest BCUT2D eigenvalue weighted by Crippen LogP contribution is 2.22. The molecular formula is C22H20N2O3. The van der Waals surface area contributed by atoms with Gasteiger partial charge in [0, 0.05) is 0 Å². The molecule has 0 aliphatic heterocycles. The lowest BCUT2D eigenvalue weighted by Crippen LogP contribution is -2.37. The average molecular weight is 360 g/mol. The number of benzene rings is 3. The van der Waals surface area contributed by atoms with E-state index in [9.17, 15) is 4.79 Å². The second-order valence-electron chi connectivity index (χ2n) is 6.52. The lowest BCUT2D eigenvalue weighted by molar-refractivity contribution is -0.128. The third-order valence-corrected chi connectivity index (χ3v) is 4.44. The molecule has 0 saturated heterocycles. The maximum atomic E-state index is 12.5. The summed E-state index contributed by atoms with van der Waals surface area (Å²) in [6.07, 6.45) is -0.641. The summed E-state index contributed by atoms with van der Waals surface area (Å²) in [7, 11) is 0. The molecule has 4 rings (SSSR count). The lowest BCUT2D eigenvalue weighted by Gasteiger charge is -2.17. The van der Waals surface area contributed by atoms with E-state index < -0.39 is 6.10 Å². The summed E-state index contributed by atoms with van der Waals surface area (Å²) in [6, 6.07) is 21.0. The Bertz CT molecular complexity index is 1070. The van der Waals surface area contributed by atoms with Crippen molar-refractivity contribution < 1.29 is 13.9 Å². The van der Waals surface area contributed by atoms with Crippen molar-refractivity contribution in [3.63, 3.8) is 0 Å². The van der Waals surface area contributed by atoms with Gasteiger partial charge in [-0.05, 0) is 48.9 Å². The number of hydrogen-bond donors (Lipinski definition) is 1. The number of nitrogens with zero attached hydrogens (tertiary/aromatic N) is 1. The van der Waals surface area contributed by atoms with Crippen molar-refractivity contribution in [2.45, 2.75) is 26.0 Å². The van der Waals surface area contributed by atoms with Crippen LogP contribution in [0.4, 0.5) is 0 Å². The van der Waals surface area contributed by atoms with Crippen LogP contribution in [0, 0.1) is 0 Å². The topological polar surface area (TPSA) is 64.4 Å². The minimum absolute atomic E-state index is 0.224. The number of oxazole rings is 1. The zero-order valence-electron chi connectivity index (χ0n) is 15.2. The summed E-state index contributed by atoms with van der Waals surface area (Å²) >= 11 is 0. The zero-order valence-corrected chi connectivity index (χ0v) is 15.2. The molecule has 3 aromatic carbocycles. The molecule has 0 aliphatic rings. The van der Waals surface area contributed by atoms with E-state index >= 15 is 0 Å². The van der Waals surface area contributed by atoms with Crippen LogP contribution < -0.4 is 10.1 Å². The molecule has 0 fully saturated rings. The second kappa shape index (κ2) is 7.11. The smallest absolute Gasteiger partial charge is 0.261 e. The molecule has 0 aliphatic carbocycles. The Kier molecular flexibility index (Phi) is 4.50. The van der Waals surface area contributed by atoms with Gasteiger partial charge in [0.15, 0.2) is 11.7 Å². The number of aromatic nitrogens is 1. The van der Waals surface area contributed by atoms with Crippen LogP contribution in [0.1, 0.15) is 25.8 Å². The number of fused-ring (bicyclic) bond motifs is 2. The van der Waals surface area contributed by atoms with Gasteiger partial charge in [0.25, 0.3) is 5.91 Å². The second-order valence-corrected chi connectivity index (χ2v) is 6.52. The molecular weight excluding hydrogens is 340 g/mol. The Morgan fingerprint density at radius 3 is 2.56 bits per heavy atom. The van der Waals surface area contributed by atoms with E-state index in [-0.39, 0.29) is 11.9 Å². The van der Waals surface area contributed by atoms with Crippen molar-refractivity contribution in [1.82, 2.24) is 10.3 Å². The maximum Gasteiger partial charge on any atom is 0.261 e. The van der Waals surface area contributed by atoms with Crippen molar-refractivity contribution in [2.75, 3.05) is 0 Å². The van der Waals surface area contributed by atoms with Gasteiger partial charge in [-0.1, -0.05) is 42.5 Å². The fourth-order valence-electron chi connectivity index (χ4n) is 2.97. The molecule has 0 spiro atoms. The number of carbonyl (C=O) groups is 1. The third-order valence-electron chi connectivity index (χ3n) is 4.44. The molecule has 0 saturated carbocycles. The van der Waals surface area contributed by atoms with Gasteiger partial charge in [-0.3, -0.25) is 4.79 Å². The summed E-state index contributed by atoms with van der Waals surface area (Å²) in [6.45, 7) is 3.56. The highest BCUT2D eigenvalue weighted by Gasteiger charge is 2.21. The van der Waals surface area contributed by atoms with Crippen LogP contribution in [0.2, 0.25) is 0 Å². The molecule has 1 N–H and O–H groups in total. The Balaban J connectivity index is 1.43. The number of para-hydroxylation sites is 2. The van der Waals surface area contributed by atoms with E-state index in [0.717, 1.165) is 16.3 Å². The van der Waals surface area contributed by atoms with E-state index in [4.69, 9.17) is 9.15 Å². The quantitative estimate of drug-likeness (QED) is 0.564. The van der Waals surface area contributed by atoms with Gasteiger partial charge in [0.2, 0.25) is 5.89 Å². The van der Waals surface area contributed by atoms with Gasteiger partial charge in [-0.25, -0.2) is 4.98 Å². The SMILES string of the molecule is CC(Oc1ccc2ccccc2c1)C(=O)NC(C)c1nc2ccccc2o1. The van der Waals surface area contributed by atoms with Crippen LogP contribution in [0.25, 0.3) is 21.9 Å². The van der Waals surface area contributed by atoms with Gasteiger partial charge in [0.05, 0.1) is 0 Å². The first-order valence-corrected chi connectivity index (χ1v) is 8.91. The summed E-state index contributed by atoms with van der Waals surface area (Å²) in [5, 5.41) is 5.10. The molecule has 2 unspecified atom stereocenters. The highest BCUT2D eigenvalue weighted by molar-refractivity contribution is 5.84. The summed E-state index contributed by atoms with van der Waals surface area (Å²) in [4.78, 5) is 16.9. The Labute approximate surface area is 157 Å². The molecule has 4 aromatic rings. The van der Waals surface area contributed by atoms with Crippen molar-refractivity contribution in [2.24, 2.45) is 0 Å². The van der Waals surface area contributed by atoms with E-state index in [1.165, 1.54) is 0 Å². The molecule has 0 radical (unpaired) electrons. The largest absolute Gasteiger partial charge is 0.481 e. The first-order valence-electron chi connectivity index (χ1n) is 8.91. The normalized spacial score (nSPS) is 13.4. The summed E-state index contributed by atoms with van der Waals surface area (Å²) in [5.41, 5.74) is 1.48. The number of ether oxygens (including phenoxy) is 1. The number of hydrogen-bond acceptors (Lipinski definition) is 4. The summed E-state index contributed by atoms with van der Waals surface area (Å²) in [5.74, 6) is 0.909. The molecule has 136 valence electrons. The maximum absolute atomic E-state index is 12.5. The first-order chi connectivity index (χ1) is 13.1. The minimum atomic E-state index is -0.641. The van der Waals surface area contributed by atoms with Crippen molar-refractivity contribution in [3.05, 3.63) is 72.6 Å². The van der Waals surface area contributed by atoms with Crippen LogP contribution in [0.15, 0.2) is 71.1 Å². The molecule has 2 atom stereocenters. The molecule has 27 heavy (non-hydrogen) atoms. The molecule has 1 heterocycles. The van der Waals surface area contributed by atoms with E-state index in [0.29, 0.717) is 17.2 Å². The van der Waals surface area contributed by atoms with Crippen molar-refractivity contribution in [3.8, 4) is 5.75 Å². The minimum Gasteiger partial charge on any atom is -0.481 e. The van der Waals surface area contributed by atoms with Gasteiger partial charge in [-0.2, -0.15) is 0 Å². The Hall–Kier alpha value is -3.34. The van der Waals surface area contributed by atoms with Gasteiger partial charge in [-0.15, -0.1) is 0 Å². The van der Waals surface area contributed by atoms with Crippen LogP contribution in [0.5, 0.6) is 5.75 Å². The predicted octanol–water partition coefficient (Wildman–Crippen LogP) is 4.63. The molecule has 0 bridgehead atoms. The van der Waals surface area contributed by atoms with E-state index in [1.54, 1.807) is 6.92 Å². The fourth-order valence-corrected chi connectivity index (χ4v) is 2.97. The van der Waals surface area contributed by atoms with Gasteiger partial charge >= 0.3 is 0 Å². The molecule has 1 aromatic heterocycles. The van der Waals surface area contributed by atoms with Crippen LogP contribution >= 0.6 is 0 Å². The first kappa shape index (κ1) is 17.1. The monoisotopic (exact) mass is 360 g/mol. The third kappa shape index (κ3) is 3.62. The van der Waals surface area contributed by atoms with Crippen molar-refractivity contribution >= 4 is 27.8 Å². The van der Waals surface area contributed by atoms with Crippen LogP contribution in [-0.2, 0) is 4.79 Å². The van der Waals surface area contributed by atoms with Crippen LogP contribution in [-0.4, -0.2) is 17.0 Å². The summed E-state index contributed by atoms with van der Waals surface area (Å²) < 4.78 is 11.5. The molecule has 1 amide bonds.